The Morgan fingerprint density at radius 2 is 1.17 bits per heavy atom. The number of hydrogen-bond donors (Lipinski definition) is 3. The van der Waals surface area contributed by atoms with Crippen molar-refractivity contribution in [2.24, 2.45) is 0 Å². The maximum atomic E-state index is 12.8. The first kappa shape index (κ1) is 42.9. The summed E-state index contributed by atoms with van der Waals surface area (Å²) < 4.78 is 96.0. The van der Waals surface area contributed by atoms with Crippen LogP contribution in [0.5, 0.6) is 11.5 Å². The highest BCUT2D eigenvalue weighted by Crippen LogP contribution is 2.33. The van der Waals surface area contributed by atoms with Crippen molar-refractivity contribution < 1.29 is 55.2 Å². The standard InChI is InChI=1S/2C19H19F3N4O3/c1-28-8-4-7-26-11-12-9-15(16(29-2)10-14(12)25-26)24-18(27)13-5-3-6-17(23-13)19(20,21)22;1-11(27)6-7-26-10-12-8-15(16(29-2)9-14(12)25-26)24-18(28)13-4-3-5-17(23-13)19(20,21)22/h3,5-6,9-11H,4,7-8H2,1-2H3,(H,24,27);3-5,8-11,27H,6-7H2,1-2H3,(H,24,28). The number of halogens is 6. The molecule has 308 valence electrons. The number of hydrogen-bond acceptors (Lipinski definition) is 10. The largest absolute Gasteiger partial charge is 0.494 e. The molecular weight excluding hydrogens is 778 g/mol. The van der Waals surface area contributed by atoms with Gasteiger partial charge in [-0.3, -0.25) is 19.0 Å². The second-order valence-corrected chi connectivity index (χ2v) is 12.7. The highest BCUT2D eigenvalue weighted by Gasteiger charge is 2.34. The van der Waals surface area contributed by atoms with E-state index in [9.17, 15) is 41.0 Å². The van der Waals surface area contributed by atoms with Gasteiger partial charge in [0.05, 0.1) is 42.7 Å². The smallest absolute Gasteiger partial charge is 0.433 e. The number of benzene rings is 2. The average molecular weight is 817 g/mol. The van der Waals surface area contributed by atoms with Crippen LogP contribution in [0.2, 0.25) is 0 Å². The third-order valence-corrected chi connectivity index (χ3v) is 8.30. The Bertz CT molecular complexity index is 2380. The molecule has 20 heteroatoms. The molecule has 0 aliphatic heterocycles. The zero-order valence-corrected chi connectivity index (χ0v) is 31.5. The van der Waals surface area contributed by atoms with E-state index in [1.54, 1.807) is 53.9 Å². The van der Waals surface area contributed by atoms with Crippen LogP contribution < -0.4 is 20.1 Å². The molecule has 0 spiro atoms. The summed E-state index contributed by atoms with van der Waals surface area (Å²) in [7, 11) is 4.46. The lowest BCUT2D eigenvalue weighted by molar-refractivity contribution is -0.142. The van der Waals surface area contributed by atoms with Gasteiger partial charge >= 0.3 is 12.4 Å². The van der Waals surface area contributed by atoms with Crippen molar-refractivity contribution in [1.29, 1.82) is 0 Å². The SMILES string of the molecule is COCCCn1cc2cc(NC(=O)c3cccc(C(F)(F)F)n3)c(OC)cc2n1.COc1cc2nn(CCC(C)O)cc2cc1NC(=O)c1cccc(C(F)(F)F)n1. The van der Waals surface area contributed by atoms with Crippen LogP contribution in [0.1, 0.15) is 52.1 Å². The summed E-state index contributed by atoms with van der Waals surface area (Å²) in [4.78, 5) is 31.7. The number of pyridine rings is 2. The number of anilines is 2. The van der Waals surface area contributed by atoms with Crippen LogP contribution in [0.4, 0.5) is 37.7 Å². The number of aromatic nitrogens is 6. The van der Waals surface area contributed by atoms with Gasteiger partial charge in [0.15, 0.2) is 0 Å². The number of carbonyl (C=O) groups is 2. The zero-order valence-electron chi connectivity index (χ0n) is 31.5. The fourth-order valence-corrected chi connectivity index (χ4v) is 5.47. The van der Waals surface area contributed by atoms with E-state index in [1.165, 1.54) is 26.4 Å². The van der Waals surface area contributed by atoms with Crippen LogP contribution in [-0.4, -0.2) is 80.5 Å². The summed E-state index contributed by atoms with van der Waals surface area (Å²) >= 11 is 0. The zero-order chi connectivity index (χ0) is 42.2. The number of methoxy groups -OCH3 is 3. The molecule has 3 N–H and O–H groups in total. The lowest BCUT2D eigenvalue weighted by atomic mass is 10.2. The van der Waals surface area contributed by atoms with Crippen LogP contribution in [0, 0.1) is 0 Å². The quantitative estimate of drug-likeness (QED) is 0.0800. The predicted octanol–water partition coefficient (Wildman–Crippen LogP) is 7.23. The fraction of sp³-hybridized carbons (Fsp3) is 0.316. The van der Waals surface area contributed by atoms with Crippen LogP contribution >= 0.6 is 0 Å². The number of amides is 2. The summed E-state index contributed by atoms with van der Waals surface area (Å²) in [5.74, 6) is -0.935. The highest BCUT2D eigenvalue weighted by atomic mass is 19.4. The molecular formula is C38H38F6N8O6. The van der Waals surface area contributed by atoms with Gasteiger partial charge in [0.1, 0.15) is 34.3 Å². The van der Waals surface area contributed by atoms with E-state index >= 15 is 0 Å². The van der Waals surface area contributed by atoms with Gasteiger partial charge in [0.25, 0.3) is 11.8 Å². The molecule has 4 aromatic heterocycles. The van der Waals surface area contributed by atoms with Gasteiger partial charge in [-0.15, -0.1) is 0 Å². The van der Waals surface area contributed by atoms with Crippen LogP contribution in [0.3, 0.4) is 0 Å². The second kappa shape index (κ2) is 18.3. The van der Waals surface area contributed by atoms with Gasteiger partial charge in [-0.1, -0.05) is 12.1 Å². The highest BCUT2D eigenvalue weighted by molar-refractivity contribution is 6.06. The number of fused-ring (bicyclic) bond motifs is 2. The third-order valence-electron chi connectivity index (χ3n) is 8.30. The molecule has 2 aromatic carbocycles. The number of nitrogens with zero attached hydrogens (tertiary/aromatic N) is 6. The summed E-state index contributed by atoms with van der Waals surface area (Å²) in [6.45, 7) is 3.44. The molecule has 58 heavy (non-hydrogen) atoms. The molecule has 0 aliphatic rings. The number of nitrogens with one attached hydrogen (secondary N) is 2. The minimum absolute atomic E-state index is 0.277. The summed E-state index contributed by atoms with van der Waals surface area (Å²) in [5, 5.41) is 24.8. The molecule has 2 amide bonds. The molecule has 0 aliphatic carbocycles. The number of carbonyl (C=O) groups excluding carboxylic acids is 2. The van der Waals surface area contributed by atoms with Gasteiger partial charge in [-0.2, -0.15) is 36.5 Å². The van der Waals surface area contributed by atoms with E-state index in [2.05, 4.69) is 30.8 Å². The minimum atomic E-state index is -4.65. The first-order chi connectivity index (χ1) is 27.5. The lowest BCUT2D eigenvalue weighted by Gasteiger charge is -2.11. The molecule has 1 unspecified atom stereocenters. The van der Waals surface area contributed by atoms with Gasteiger partial charge in [0.2, 0.25) is 0 Å². The first-order valence-electron chi connectivity index (χ1n) is 17.5. The molecule has 6 aromatic rings. The van der Waals surface area contributed by atoms with Crippen LogP contribution in [0.15, 0.2) is 73.1 Å². The number of aryl methyl sites for hydroxylation is 2. The molecule has 0 fully saturated rings. The maximum absolute atomic E-state index is 12.8. The van der Waals surface area contributed by atoms with Crippen molar-refractivity contribution in [2.75, 3.05) is 38.6 Å². The van der Waals surface area contributed by atoms with Gasteiger partial charge in [0, 0.05) is 62.1 Å². The van der Waals surface area contributed by atoms with Crippen molar-refractivity contribution in [2.45, 2.75) is 51.3 Å². The van der Waals surface area contributed by atoms with E-state index in [0.29, 0.717) is 59.7 Å². The molecule has 1 atom stereocenters. The Morgan fingerprint density at radius 1 is 0.724 bits per heavy atom. The van der Waals surface area contributed by atoms with Crippen molar-refractivity contribution in [3.8, 4) is 11.5 Å². The Balaban J connectivity index is 0.000000221. The summed E-state index contributed by atoms with van der Waals surface area (Å²) in [5.41, 5.74) is -1.14. The van der Waals surface area contributed by atoms with E-state index in [0.717, 1.165) is 36.1 Å². The molecule has 0 radical (unpaired) electrons. The van der Waals surface area contributed by atoms with E-state index in [1.807, 2.05) is 6.20 Å². The Hall–Kier alpha value is -6.28. The number of rotatable bonds is 13. The first-order valence-corrected chi connectivity index (χ1v) is 17.5. The molecule has 4 heterocycles. The predicted molar refractivity (Wildman–Crippen MR) is 200 cm³/mol. The van der Waals surface area contributed by atoms with Crippen LogP contribution in [-0.2, 0) is 30.2 Å². The lowest BCUT2D eigenvalue weighted by Crippen LogP contribution is -2.17. The number of aliphatic hydroxyl groups is 1. The minimum Gasteiger partial charge on any atom is -0.494 e. The van der Waals surface area contributed by atoms with E-state index < -0.39 is 41.7 Å². The van der Waals surface area contributed by atoms with Gasteiger partial charge in [-0.05, 0) is 56.2 Å². The Morgan fingerprint density at radius 3 is 1.57 bits per heavy atom. The Kier molecular flexibility index (Phi) is 13.5. The van der Waals surface area contributed by atoms with Crippen molar-refractivity contribution >= 4 is 45.0 Å². The van der Waals surface area contributed by atoms with Crippen molar-refractivity contribution in [3.05, 3.63) is 95.8 Å². The monoisotopic (exact) mass is 816 g/mol. The molecule has 14 nitrogen and oxygen atoms in total. The number of alkyl halides is 6. The third kappa shape index (κ3) is 11.0. The normalized spacial score (nSPS) is 12.2. The Labute approximate surface area is 326 Å². The maximum Gasteiger partial charge on any atom is 0.433 e. The van der Waals surface area contributed by atoms with E-state index in [-0.39, 0.29) is 17.1 Å². The summed E-state index contributed by atoms with van der Waals surface area (Å²) in [6.07, 6.45) is -4.88. The molecule has 0 saturated carbocycles. The van der Waals surface area contributed by atoms with Gasteiger partial charge < -0.3 is 30.0 Å². The molecule has 0 bridgehead atoms. The van der Waals surface area contributed by atoms with Crippen molar-refractivity contribution in [3.63, 3.8) is 0 Å². The molecule has 6 rings (SSSR count). The van der Waals surface area contributed by atoms with E-state index in [4.69, 9.17) is 14.2 Å². The molecule has 0 saturated heterocycles. The second-order valence-electron chi connectivity index (χ2n) is 12.7. The fourth-order valence-electron chi connectivity index (χ4n) is 5.47. The van der Waals surface area contributed by atoms with Crippen LogP contribution in [0.25, 0.3) is 21.8 Å². The number of aliphatic hydroxyl groups excluding tert-OH is 1. The average Bonchev–Trinajstić information content (AvgIpc) is 3.78. The van der Waals surface area contributed by atoms with Gasteiger partial charge in [-0.25, -0.2) is 9.97 Å². The van der Waals surface area contributed by atoms with Crippen molar-refractivity contribution in [1.82, 2.24) is 29.5 Å². The topological polar surface area (TPSA) is 168 Å². The number of ether oxygens (including phenoxy) is 3. The summed E-state index contributed by atoms with van der Waals surface area (Å²) in [6, 6.07) is 12.8.